The number of nitrogens with zero attached hydrogens (tertiary/aromatic N) is 2. The molecule has 0 aliphatic rings. The van der Waals surface area contributed by atoms with Crippen molar-refractivity contribution in [2.75, 3.05) is 0 Å². The Bertz CT molecular complexity index is 523. The number of aromatic nitrogens is 1. The molecule has 0 atom stereocenters. The molecule has 4 heteroatoms. The Morgan fingerprint density at radius 1 is 1.33 bits per heavy atom. The fraction of sp³-hybridized carbons (Fsp3) is 0. The highest BCUT2D eigenvalue weighted by Crippen LogP contribution is 2.11. The van der Waals surface area contributed by atoms with Crippen LogP contribution in [-0.2, 0) is 0 Å². The molecule has 0 aliphatic carbocycles. The molecule has 0 radical (unpaired) electrons. The van der Waals surface area contributed by atoms with Gasteiger partial charge < -0.3 is 4.52 Å². The first-order chi connectivity index (χ1) is 7.33. The van der Waals surface area contributed by atoms with Crippen LogP contribution in [0.25, 0.3) is 0 Å². The van der Waals surface area contributed by atoms with Gasteiger partial charge in [0.1, 0.15) is 17.9 Å². The molecule has 0 fully saturated rings. The zero-order valence-electron chi connectivity index (χ0n) is 7.68. The van der Waals surface area contributed by atoms with Crippen molar-refractivity contribution in [3.63, 3.8) is 0 Å². The molecule has 2 aromatic rings. The number of hydrogen-bond donors (Lipinski definition) is 0. The summed E-state index contributed by atoms with van der Waals surface area (Å²) in [6.07, 6.45) is 1.16. The van der Waals surface area contributed by atoms with Gasteiger partial charge in [0.25, 0.3) is 0 Å². The zero-order chi connectivity index (χ0) is 10.7. The van der Waals surface area contributed by atoms with Crippen LogP contribution in [-0.4, -0.2) is 10.9 Å². The van der Waals surface area contributed by atoms with E-state index in [1.54, 1.807) is 24.3 Å². The van der Waals surface area contributed by atoms with E-state index in [2.05, 4.69) is 9.68 Å². The average molecular weight is 198 g/mol. The number of carbonyl (C=O) groups is 1. The predicted octanol–water partition coefficient (Wildman–Crippen LogP) is 1.78. The lowest BCUT2D eigenvalue weighted by Gasteiger charge is -1.95. The van der Waals surface area contributed by atoms with Gasteiger partial charge in [-0.3, -0.25) is 4.79 Å². The van der Waals surface area contributed by atoms with Crippen LogP contribution >= 0.6 is 0 Å². The van der Waals surface area contributed by atoms with Crippen molar-refractivity contribution in [2.45, 2.75) is 0 Å². The number of carbonyl (C=O) groups excluding carboxylic acids is 1. The Balaban J connectivity index is 2.43. The van der Waals surface area contributed by atoms with Gasteiger partial charge in [-0.15, -0.1) is 0 Å². The summed E-state index contributed by atoms with van der Waals surface area (Å²) < 4.78 is 4.59. The maximum Gasteiger partial charge on any atom is 0.216 e. The Morgan fingerprint density at radius 2 is 2.07 bits per heavy atom. The Morgan fingerprint density at radius 3 is 2.73 bits per heavy atom. The van der Waals surface area contributed by atoms with Crippen LogP contribution < -0.4 is 0 Å². The fourth-order valence-corrected chi connectivity index (χ4v) is 1.21. The van der Waals surface area contributed by atoms with Crippen molar-refractivity contribution in [2.24, 2.45) is 0 Å². The SMILES string of the molecule is N#Cc1conc1C(=O)c1ccccc1. The highest BCUT2D eigenvalue weighted by atomic mass is 16.5. The highest BCUT2D eigenvalue weighted by Gasteiger charge is 2.17. The molecular weight excluding hydrogens is 192 g/mol. The van der Waals surface area contributed by atoms with E-state index in [-0.39, 0.29) is 17.0 Å². The second kappa shape index (κ2) is 3.76. The van der Waals surface area contributed by atoms with Gasteiger partial charge in [-0.2, -0.15) is 5.26 Å². The minimum atomic E-state index is -0.305. The average Bonchev–Trinajstić information content (AvgIpc) is 2.77. The Labute approximate surface area is 85.7 Å². The fourth-order valence-electron chi connectivity index (χ4n) is 1.21. The second-order valence-electron chi connectivity index (χ2n) is 2.88. The van der Waals surface area contributed by atoms with Gasteiger partial charge in [0.15, 0.2) is 5.69 Å². The van der Waals surface area contributed by atoms with Crippen molar-refractivity contribution < 1.29 is 9.32 Å². The number of nitriles is 1. The van der Waals surface area contributed by atoms with E-state index in [0.717, 1.165) is 6.26 Å². The largest absolute Gasteiger partial charge is 0.363 e. The maximum atomic E-state index is 11.8. The summed E-state index contributed by atoms with van der Waals surface area (Å²) in [6.45, 7) is 0. The smallest absolute Gasteiger partial charge is 0.216 e. The summed E-state index contributed by atoms with van der Waals surface area (Å²) in [5.74, 6) is -0.305. The summed E-state index contributed by atoms with van der Waals surface area (Å²) in [4.78, 5) is 11.8. The molecule has 15 heavy (non-hydrogen) atoms. The summed E-state index contributed by atoms with van der Waals surface area (Å²) in [7, 11) is 0. The van der Waals surface area contributed by atoms with Gasteiger partial charge in [-0.1, -0.05) is 35.5 Å². The summed E-state index contributed by atoms with van der Waals surface area (Å²) in [6, 6.07) is 10.5. The molecule has 2 rings (SSSR count). The minimum absolute atomic E-state index is 0.0590. The molecule has 0 aliphatic heterocycles. The minimum Gasteiger partial charge on any atom is -0.363 e. The van der Waals surface area contributed by atoms with Crippen molar-refractivity contribution >= 4 is 5.78 Å². The van der Waals surface area contributed by atoms with Crippen molar-refractivity contribution in [3.8, 4) is 6.07 Å². The van der Waals surface area contributed by atoms with Gasteiger partial charge in [-0.05, 0) is 0 Å². The molecular formula is C11H6N2O2. The molecule has 1 aromatic heterocycles. The van der Waals surface area contributed by atoms with Crippen molar-refractivity contribution in [1.29, 1.82) is 5.26 Å². The van der Waals surface area contributed by atoms with Gasteiger partial charge >= 0.3 is 0 Å². The molecule has 0 amide bonds. The van der Waals surface area contributed by atoms with E-state index in [9.17, 15) is 4.79 Å². The lowest BCUT2D eigenvalue weighted by atomic mass is 10.1. The summed E-state index contributed by atoms with van der Waals surface area (Å²) in [5, 5.41) is 12.2. The van der Waals surface area contributed by atoms with E-state index in [1.165, 1.54) is 0 Å². The third kappa shape index (κ3) is 1.63. The summed E-state index contributed by atoms with van der Waals surface area (Å²) in [5.41, 5.74) is 0.704. The van der Waals surface area contributed by atoms with Crippen LogP contribution in [0.3, 0.4) is 0 Å². The standard InChI is InChI=1S/C11H6N2O2/c12-6-9-7-15-13-10(9)11(14)8-4-2-1-3-5-8/h1-5,7H. The number of rotatable bonds is 2. The van der Waals surface area contributed by atoms with Gasteiger partial charge in [0.05, 0.1) is 0 Å². The number of ketones is 1. The lowest BCUT2D eigenvalue weighted by Crippen LogP contribution is -2.03. The normalized spacial score (nSPS) is 9.53. The van der Waals surface area contributed by atoms with E-state index < -0.39 is 0 Å². The van der Waals surface area contributed by atoms with Crippen LogP contribution in [0, 0.1) is 11.3 Å². The van der Waals surface area contributed by atoms with Crippen LogP contribution in [0.15, 0.2) is 41.1 Å². The number of hydrogen-bond acceptors (Lipinski definition) is 4. The van der Waals surface area contributed by atoms with Gasteiger partial charge in [0.2, 0.25) is 5.78 Å². The molecule has 1 heterocycles. The van der Waals surface area contributed by atoms with E-state index in [1.807, 2.05) is 12.1 Å². The first kappa shape index (κ1) is 9.16. The maximum absolute atomic E-state index is 11.8. The second-order valence-corrected chi connectivity index (χ2v) is 2.88. The predicted molar refractivity (Wildman–Crippen MR) is 51.1 cm³/mol. The Kier molecular flexibility index (Phi) is 2.30. The van der Waals surface area contributed by atoms with Gasteiger partial charge in [0, 0.05) is 5.56 Å². The summed E-state index contributed by atoms with van der Waals surface area (Å²) >= 11 is 0. The monoisotopic (exact) mass is 198 g/mol. The molecule has 0 unspecified atom stereocenters. The first-order valence-electron chi connectivity index (χ1n) is 4.27. The van der Waals surface area contributed by atoms with Crippen LogP contribution in [0.2, 0.25) is 0 Å². The molecule has 1 aromatic carbocycles. The molecule has 0 saturated carbocycles. The van der Waals surface area contributed by atoms with E-state index in [4.69, 9.17) is 5.26 Å². The molecule has 0 bridgehead atoms. The van der Waals surface area contributed by atoms with Crippen LogP contribution in [0.4, 0.5) is 0 Å². The molecule has 72 valence electrons. The molecule has 0 saturated heterocycles. The van der Waals surface area contributed by atoms with E-state index in [0.29, 0.717) is 5.56 Å². The van der Waals surface area contributed by atoms with Gasteiger partial charge in [-0.25, -0.2) is 0 Å². The quantitative estimate of drug-likeness (QED) is 0.690. The van der Waals surface area contributed by atoms with E-state index >= 15 is 0 Å². The molecule has 0 N–H and O–H groups in total. The highest BCUT2D eigenvalue weighted by molar-refractivity contribution is 6.08. The lowest BCUT2D eigenvalue weighted by molar-refractivity contribution is 0.103. The van der Waals surface area contributed by atoms with Crippen LogP contribution in [0.5, 0.6) is 0 Å². The molecule has 4 nitrogen and oxygen atoms in total. The zero-order valence-corrected chi connectivity index (χ0v) is 7.68. The topological polar surface area (TPSA) is 66.9 Å². The number of benzene rings is 1. The van der Waals surface area contributed by atoms with Crippen molar-refractivity contribution in [3.05, 3.63) is 53.4 Å². The Hall–Kier alpha value is -2.41. The third-order valence-electron chi connectivity index (χ3n) is 1.94. The first-order valence-corrected chi connectivity index (χ1v) is 4.27. The van der Waals surface area contributed by atoms with Crippen LogP contribution in [0.1, 0.15) is 21.6 Å². The molecule has 0 spiro atoms. The van der Waals surface area contributed by atoms with Crippen molar-refractivity contribution in [1.82, 2.24) is 5.16 Å². The third-order valence-corrected chi connectivity index (χ3v) is 1.94.